The van der Waals surface area contributed by atoms with Crippen LogP contribution < -0.4 is 5.32 Å². The highest BCUT2D eigenvalue weighted by molar-refractivity contribution is 6.43. The number of methoxy groups -OCH3 is 1. The summed E-state index contributed by atoms with van der Waals surface area (Å²) in [6, 6.07) is -0.387. The molecular weight excluding hydrogens is 161 g/mol. The number of rotatable bonds is 2. The summed E-state index contributed by atoms with van der Waals surface area (Å²) in [5.41, 5.74) is 0. The van der Waals surface area contributed by atoms with Gasteiger partial charge in [0.05, 0.1) is 7.11 Å². The van der Waals surface area contributed by atoms with E-state index in [0.29, 0.717) is 12.8 Å². The summed E-state index contributed by atoms with van der Waals surface area (Å²) in [6.45, 7) is 0. The van der Waals surface area contributed by atoms with Gasteiger partial charge in [-0.25, -0.2) is 0 Å². The van der Waals surface area contributed by atoms with Gasteiger partial charge in [-0.1, -0.05) is 0 Å². The largest absolute Gasteiger partial charge is 0.469 e. The predicted molar refractivity (Wildman–Crippen MR) is 42.2 cm³/mol. The Labute approximate surface area is 70.9 Å². The Morgan fingerprint density at radius 1 is 1.58 bits per heavy atom. The van der Waals surface area contributed by atoms with E-state index in [1.165, 1.54) is 7.11 Å². The summed E-state index contributed by atoms with van der Waals surface area (Å²) in [5.74, 6) is -0.757. The third kappa shape index (κ3) is 1.97. The SMILES string of the molecule is COC(=O)C1CCC(B(O)O)N1. The Morgan fingerprint density at radius 2 is 2.25 bits per heavy atom. The zero-order chi connectivity index (χ0) is 9.14. The molecule has 68 valence electrons. The molecule has 0 aliphatic carbocycles. The van der Waals surface area contributed by atoms with Gasteiger partial charge in [0.1, 0.15) is 6.04 Å². The second kappa shape index (κ2) is 3.89. The topological polar surface area (TPSA) is 78.8 Å². The molecular formula is C6H12BNO4. The van der Waals surface area contributed by atoms with Gasteiger partial charge in [0.15, 0.2) is 0 Å². The molecule has 3 N–H and O–H groups in total. The van der Waals surface area contributed by atoms with Crippen LogP contribution in [0, 0.1) is 0 Å². The first-order chi connectivity index (χ1) is 5.65. The van der Waals surface area contributed by atoms with Gasteiger partial charge in [-0.15, -0.1) is 0 Å². The molecule has 0 aromatic heterocycles. The Kier molecular flexibility index (Phi) is 3.08. The minimum Gasteiger partial charge on any atom is -0.468 e. The van der Waals surface area contributed by atoms with E-state index in [1.54, 1.807) is 0 Å². The third-order valence-corrected chi connectivity index (χ3v) is 2.03. The van der Waals surface area contributed by atoms with Crippen LogP contribution in [0.25, 0.3) is 0 Å². The second-order valence-electron chi connectivity index (χ2n) is 2.84. The minimum atomic E-state index is -1.40. The quantitative estimate of drug-likeness (QED) is 0.342. The van der Waals surface area contributed by atoms with Gasteiger partial charge in [0.2, 0.25) is 0 Å². The molecule has 2 atom stereocenters. The van der Waals surface area contributed by atoms with Gasteiger partial charge in [-0.05, 0) is 12.8 Å². The van der Waals surface area contributed by atoms with Crippen molar-refractivity contribution in [2.24, 2.45) is 0 Å². The summed E-state index contributed by atoms with van der Waals surface area (Å²) in [5, 5.41) is 20.3. The van der Waals surface area contributed by atoms with E-state index in [0.717, 1.165) is 0 Å². The summed E-state index contributed by atoms with van der Waals surface area (Å²) in [6.07, 6.45) is 1.17. The molecule has 5 nitrogen and oxygen atoms in total. The first-order valence-corrected chi connectivity index (χ1v) is 3.85. The lowest BCUT2D eigenvalue weighted by atomic mass is 9.79. The third-order valence-electron chi connectivity index (χ3n) is 2.03. The van der Waals surface area contributed by atoms with Gasteiger partial charge in [0, 0.05) is 5.94 Å². The van der Waals surface area contributed by atoms with Crippen molar-refractivity contribution < 1.29 is 19.6 Å². The van der Waals surface area contributed by atoms with Gasteiger partial charge in [-0.2, -0.15) is 0 Å². The molecule has 0 saturated carbocycles. The molecule has 0 spiro atoms. The van der Waals surface area contributed by atoms with Crippen LogP contribution in [0.4, 0.5) is 0 Å². The van der Waals surface area contributed by atoms with Gasteiger partial charge >= 0.3 is 13.1 Å². The predicted octanol–water partition coefficient (Wildman–Crippen LogP) is -1.71. The number of ether oxygens (including phenoxy) is 1. The lowest BCUT2D eigenvalue weighted by Gasteiger charge is -2.10. The molecule has 0 bridgehead atoms. The van der Waals surface area contributed by atoms with Crippen LogP contribution in [-0.4, -0.2) is 42.2 Å². The van der Waals surface area contributed by atoms with Crippen molar-refractivity contribution in [3.8, 4) is 0 Å². The maximum atomic E-state index is 10.9. The lowest BCUT2D eigenvalue weighted by Crippen LogP contribution is -2.44. The molecule has 1 aliphatic heterocycles. The molecule has 0 aromatic rings. The first kappa shape index (κ1) is 9.50. The van der Waals surface area contributed by atoms with E-state index >= 15 is 0 Å². The van der Waals surface area contributed by atoms with E-state index in [-0.39, 0.29) is 12.0 Å². The number of hydrogen-bond acceptors (Lipinski definition) is 5. The van der Waals surface area contributed by atoms with Crippen molar-refractivity contribution in [1.29, 1.82) is 0 Å². The Bertz CT molecular complexity index is 175. The number of carbonyl (C=O) groups is 1. The zero-order valence-electron chi connectivity index (χ0n) is 6.86. The fourth-order valence-electron chi connectivity index (χ4n) is 1.33. The Hall–Kier alpha value is -0.585. The van der Waals surface area contributed by atoms with Crippen LogP contribution >= 0.6 is 0 Å². The average Bonchev–Trinajstić information content (AvgIpc) is 2.51. The highest BCUT2D eigenvalue weighted by Gasteiger charge is 2.35. The normalized spacial score (nSPS) is 28.6. The van der Waals surface area contributed by atoms with Crippen LogP contribution in [0.1, 0.15) is 12.8 Å². The fraction of sp³-hybridized carbons (Fsp3) is 0.833. The smallest absolute Gasteiger partial charge is 0.468 e. The first-order valence-electron chi connectivity index (χ1n) is 3.85. The lowest BCUT2D eigenvalue weighted by molar-refractivity contribution is -0.142. The van der Waals surface area contributed by atoms with E-state index in [9.17, 15) is 4.79 Å². The zero-order valence-corrected chi connectivity index (χ0v) is 6.86. The highest BCUT2D eigenvalue weighted by Crippen LogP contribution is 2.13. The van der Waals surface area contributed by atoms with E-state index in [4.69, 9.17) is 10.0 Å². The van der Waals surface area contributed by atoms with E-state index < -0.39 is 13.1 Å². The van der Waals surface area contributed by atoms with Crippen LogP contribution in [0.3, 0.4) is 0 Å². The van der Waals surface area contributed by atoms with Gasteiger partial charge in [0.25, 0.3) is 0 Å². The standard InChI is InChI=1S/C6H12BNO4/c1-12-6(9)4-2-3-5(8-4)7(10)11/h4-5,8,10-11H,2-3H2,1H3. The maximum absolute atomic E-state index is 10.9. The molecule has 0 radical (unpaired) electrons. The van der Waals surface area contributed by atoms with E-state index in [1.807, 2.05) is 0 Å². The molecule has 1 rings (SSSR count). The fourth-order valence-corrected chi connectivity index (χ4v) is 1.33. The van der Waals surface area contributed by atoms with Gasteiger partial charge < -0.3 is 20.1 Å². The number of hydrogen-bond donors (Lipinski definition) is 3. The van der Waals surface area contributed by atoms with E-state index in [2.05, 4.69) is 10.1 Å². The molecule has 1 saturated heterocycles. The van der Waals surface area contributed by atoms with Crippen molar-refractivity contribution >= 4 is 13.1 Å². The summed E-state index contributed by atoms with van der Waals surface area (Å²) < 4.78 is 4.50. The van der Waals surface area contributed by atoms with Crippen LogP contribution in [0.5, 0.6) is 0 Å². The molecule has 1 fully saturated rings. The molecule has 12 heavy (non-hydrogen) atoms. The minimum absolute atomic E-state index is 0.349. The highest BCUT2D eigenvalue weighted by atomic mass is 16.5. The summed E-state index contributed by atoms with van der Waals surface area (Å²) in [7, 11) is -0.0909. The van der Waals surface area contributed by atoms with Gasteiger partial charge in [-0.3, -0.25) is 4.79 Å². The summed E-state index contributed by atoms with van der Waals surface area (Å²) in [4.78, 5) is 10.9. The van der Waals surface area contributed by atoms with Crippen LogP contribution in [-0.2, 0) is 9.53 Å². The molecule has 6 heteroatoms. The van der Waals surface area contributed by atoms with Crippen LogP contribution in [0.15, 0.2) is 0 Å². The number of nitrogens with one attached hydrogen (secondary N) is 1. The van der Waals surface area contributed by atoms with Crippen molar-refractivity contribution in [3.63, 3.8) is 0 Å². The Morgan fingerprint density at radius 3 is 2.67 bits per heavy atom. The van der Waals surface area contributed by atoms with Crippen molar-refractivity contribution in [1.82, 2.24) is 5.32 Å². The Balaban J connectivity index is 2.40. The molecule has 1 heterocycles. The number of carbonyl (C=O) groups excluding carboxylic acids is 1. The van der Waals surface area contributed by atoms with Crippen molar-refractivity contribution in [2.45, 2.75) is 24.8 Å². The van der Waals surface area contributed by atoms with Crippen LogP contribution in [0.2, 0.25) is 0 Å². The number of esters is 1. The second-order valence-corrected chi connectivity index (χ2v) is 2.84. The summed E-state index contributed by atoms with van der Waals surface area (Å²) >= 11 is 0. The van der Waals surface area contributed by atoms with Crippen molar-refractivity contribution in [3.05, 3.63) is 0 Å². The molecule has 2 unspecified atom stereocenters. The molecule has 0 amide bonds. The maximum Gasteiger partial charge on any atom is 0.469 e. The molecule has 1 aliphatic rings. The monoisotopic (exact) mass is 173 g/mol. The average molecular weight is 173 g/mol. The molecule has 0 aromatic carbocycles. The van der Waals surface area contributed by atoms with Crippen molar-refractivity contribution in [2.75, 3.05) is 7.11 Å².